The average Bonchev–Trinajstić information content (AvgIpc) is 2.70. The van der Waals surface area contributed by atoms with Gasteiger partial charge in [0, 0.05) is 3.57 Å². The first kappa shape index (κ1) is 24.8. The summed E-state index contributed by atoms with van der Waals surface area (Å²) < 4.78 is 17.2. The van der Waals surface area contributed by atoms with Crippen LogP contribution in [0.15, 0.2) is 36.9 Å². The van der Waals surface area contributed by atoms with Gasteiger partial charge in [-0.2, -0.15) is 0 Å². The molecule has 0 unspecified atom stereocenters. The van der Waals surface area contributed by atoms with Gasteiger partial charge in [0.1, 0.15) is 25.6 Å². The molecule has 0 saturated carbocycles. The van der Waals surface area contributed by atoms with Gasteiger partial charge in [-0.3, -0.25) is 0 Å². The molecule has 0 spiro atoms. The number of carboxylic acid groups (broad SMARTS) is 1. The minimum atomic E-state index is -1.37. The first-order chi connectivity index (χ1) is 14.2. The zero-order chi connectivity index (χ0) is 22.3. The average molecular weight is 747 g/mol. The fraction of sp³-hybridized carbons (Fsp3) is 0.150. The number of ether oxygens (including phenoxy) is 3. The van der Waals surface area contributed by atoms with Gasteiger partial charge in [0.05, 0.1) is 24.2 Å². The summed E-state index contributed by atoms with van der Waals surface area (Å²) in [4.78, 5) is 35.2. The molecule has 0 heterocycles. The molecule has 7 nitrogen and oxygen atoms in total. The van der Waals surface area contributed by atoms with Crippen LogP contribution in [0.1, 0.15) is 26.3 Å². The predicted molar refractivity (Wildman–Crippen MR) is 132 cm³/mol. The number of carbonyl (C=O) groups excluding carboxylic acids is 3. The largest absolute Gasteiger partial charge is 0.546 e. The van der Waals surface area contributed by atoms with Crippen LogP contribution in [-0.2, 0) is 14.3 Å². The maximum atomic E-state index is 12.5. The van der Waals surface area contributed by atoms with Crippen molar-refractivity contribution >= 4 is 91.8 Å². The van der Waals surface area contributed by atoms with Crippen LogP contribution in [0.4, 0.5) is 0 Å². The summed E-state index contributed by atoms with van der Waals surface area (Å²) >= 11 is 5.87. The predicted octanol–water partition coefficient (Wildman–Crippen LogP) is 3.29. The van der Waals surface area contributed by atoms with E-state index in [1.807, 2.05) is 67.8 Å². The molecule has 0 aromatic heterocycles. The molecule has 0 aliphatic heterocycles. The number of aliphatic carboxylic acids is 1. The van der Waals surface area contributed by atoms with E-state index in [0.717, 1.165) is 5.56 Å². The van der Waals surface area contributed by atoms with Gasteiger partial charge in [-0.25, -0.2) is 9.59 Å². The van der Waals surface area contributed by atoms with Crippen molar-refractivity contribution in [2.45, 2.75) is 0 Å². The standard InChI is InChI=1S/C20H15I3O7/c1-2-11-3-5-12(6-4-11)19(26)28-7-8-29-20(27)16-13(21)9-14(22)18(17(16)23)30-10-15(24)25/h2-6,9H,1,7-8,10H2,(H,24,25)/p-1. The van der Waals surface area contributed by atoms with Crippen molar-refractivity contribution in [3.05, 3.63) is 64.3 Å². The van der Waals surface area contributed by atoms with E-state index >= 15 is 0 Å². The Kier molecular flexibility index (Phi) is 9.80. The molecule has 0 N–H and O–H groups in total. The van der Waals surface area contributed by atoms with E-state index in [0.29, 0.717) is 16.3 Å². The van der Waals surface area contributed by atoms with Crippen molar-refractivity contribution in [3.8, 4) is 5.75 Å². The van der Waals surface area contributed by atoms with Gasteiger partial charge in [0.25, 0.3) is 0 Å². The van der Waals surface area contributed by atoms with Crippen LogP contribution in [0.3, 0.4) is 0 Å². The molecular weight excluding hydrogens is 733 g/mol. The highest BCUT2D eigenvalue weighted by molar-refractivity contribution is 14.1. The smallest absolute Gasteiger partial charge is 0.340 e. The lowest BCUT2D eigenvalue weighted by Crippen LogP contribution is -2.29. The third-order valence-electron chi connectivity index (χ3n) is 3.60. The van der Waals surface area contributed by atoms with Gasteiger partial charge in [-0.05, 0) is 91.5 Å². The lowest BCUT2D eigenvalue weighted by molar-refractivity contribution is -0.307. The van der Waals surface area contributed by atoms with Crippen LogP contribution in [0.5, 0.6) is 5.75 Å². The number of hydrogen-bond acceptors (Lipinski definition) is 7. The first-order valence-electron chi connectivity index (χ1n) is 8.31. The summed E-state index contributed by atoms with van der Waals surface area (Å²) in [6, 6.07) is 8.40. The Morgan fingerprint density at radius 3 is 2.13 bits per heavy atom. The Hall–Kier alpha value is -1.42. The number of halogens is 3. The summed E-state index contributed by atoms with van der Waals surface area (Å²) in [5, 5.41) is 10.7. The zero-order valence-corrected chi connectivity index (χ0v) is 21.8. The van der Waals surface area contributed by atoms with E-state index < -0.39 is 24.5 Å². The minimum Gasteiger partial charge on any atom is -0.546 e. The van der Waals surface area contributed by atoms with Crippen molar-refractivity contribution in [3.63, 3.8) is 0 Å². The Bertz CT molecular complexity index is 971. The maximum absolute atomic E-state index is 12.5. The molecule has 0 aliphatic carbocycles. The number of rotatable bonds is 9. The van der Waals surface area contributed by atoms with E-state index in [1.54, 1.807) is 36.4 Å². The lowest BCUT2D eigenvalue weighted by atomic mass is 10.1. The molecule has 0 aliphatic rings. The molecule has 10 heteroatoms. The summed E-state index contributed by atoms with van der Waals surface area (Å²) in [7, 11) is 0. The van der Waals surface area contributed by atoms with Crippen molar-refractivity contribution in [2.24, 2.45) is 0 Å². The van der Waals surface area contributed by atoms with E-state index in [2.05, 4.69) is 6.58 Å². The van der Waals surface area contributed by atoms with Crippen molar-refractivity contribution < 1.29 is 33.7 Å². The fourth-order valence-corrected chi connectivity index (χ4v) is 6.33. The SMILES string of the molecule is C=Cc1ccc(C(=O)OCCOC(=O)c2c(I)cc(I)c(OCC(=O)[O-])c2I)cc1. The zero-order valence-electron chi connectivity index (χ0n) is 15.3. The van der Waals surface area contributed by atoms with Crippen LogP contribution in [0.25, 0.3) is 6.08 Å². The van der Waals surface area contributed by atoms with Crippen LogP contribution >= 0.6 is 67.8 Å². The maximum Gasteiger partial charge on any atom is 0.340 e. The van der Waals surface area contributed by atoms with E-state index in [-0.39, 0.29) is 24.5 Å². The second-order valence-corrected chi connectivity index (χ2v) is 9.02. The Morgan fingerprint density at radius 1 is 0.967 bits per heavy atom. The minimum absolute atomic E-state index is 0.112. The second-order valence-electron chi connectivity index (χ2n) is 5.62. The van der Waals surface area contributed by atoms with Gasteiger partial charge in [0.2, 0.25) is 0 Å². The summed E-state index contributed by atoms with van der Waals surface area (Å²) in [6.45, 7) is 2.76. The number of carbonyl (C=O) groups is 3. The molecular formula is C20H14I3O7-. The molecule has 30 heavy (non-hydrogen) atoms. The van der Waals surface area contributed by atoms with Crippen molar-refractivity contribution in [1.29, 1.82) is 0 Å². The van der Waals surface area contributed by atoms with E-state index in [4.69, 9.17) is 14.2 Å². The highest BCUT2D eigenvalue weighted by Crippen LogP contribution is 2.34. The molecule has 0 amide bonds. The molecule has 2 rings (SSSR count). The van der Waals surface area contributed by atoms with Crippen LogP contribution in [-0.4, -0.2) is 37.7 Å². The highest BCUT2D eigenvalue weighted by atomic mass is 127. The van der Waals surface area contributed by atoms with Gasteiger partial charge in [-0.15, -0.1) is 0 Å². The third-order valence-corrected chi connectivity index (χ3v) is 6.28. The molecule has 0 saturated heterocycles. The Balaban J connectivity index is 1.97. The van der Waals surface area contributed by atoms with E-state index in [9.17, 15) is 19.5 Å². The normalized spacial score (nSPS) is 10.2. The van der Waals surface area contributed by atoms with Crippen molar-refractivity contribution in [1.82, 2.24) is 0 Å². The lowest BCUT2D eigenvalue weighted by Gasteiger charge is -2.15. The summed E-state index contributed by atoms with van der Waals surface area (Å²) in [6.07, 6.45) is 1.66. The monoisotopic (exact) mass is 747 g/mol. The number of carboxylic acids is 1. The molecule has 0 atom stereocenters. The summed E-state index contributed by atoms with van der Waals surface area (Å²) in [5.41, 5.74) is 1.50. The number of esters is 2. The molecule has 2 aromatic carbocycles. The number of hydrogen-bond donors (Lipinski definition) is 0. The molecule has 0 bridgehead atoms. The molecule has 0 radical (unpaired) electrons. The second kappa shape index (κ2) is 11.8. The molecule has 158 valence electrons. The van der Waals surface area contributed by atoms with Crippen LogP contribution in [0.2, 0.25) is 0 Å². The van der Waals surface area contributed by atoms with Crippen molar-refractivity contribution in [2.75, 3.05) is 19.8 Å². The van der Waals surface area contributed by atoms with Gasteiger partial charge < -0.3 is 24.1 Å². The topological polar surface area (TPSA) is 102 Å². The van der Waals surface area contributed by atoms with Gasteiger partial charge >= 0.3 is 11.9 Å². The third kappa shape index (κ3) is 6.80. The molecule has 0 fully saturated rings. The van der Waals surface area contributed by atoms with Crippen LogP contribution in [0, 0.1) is 10.7 Å². The summed E-state index contributed by atoms with van der Waals surface area (Å²) in [5.74, 6) is -2.27. The fourth-order valence-electron chi connectivity index (χ4n) is 2.20. The Morgan fingerprint density at radius 2 is 1.57 bits per heavy atom. The quantitative estimate of drug-likeness (QED) is 0.221. The number of benzene rings is 2. The first-order valence-corrected chi connectivity index (χ1v) is 11.5. The van der Waals surface area contributed by atoms with E-state index in [1.165, 1.54) is 0 Å². The van der Waals surface area contributed by atoms with Gasteiger partial charge in [0.15, 0.2) is 0 Å². The van der Waals surface area contributed by atoms with Crippen LogP contribution < -0.4 is 9.84 Å². The Labute approximate surface area is 213 Å². The molecule has 2 aromatic rings. The highest BCUT2D eigenvalue weighted by Gasteiger charge is 2.22. The van der Waals surface area contributed by atoms with Gasteiger partial charge in [-0.1, -0.05) is 24.8 Å².